The molecule has 0 saturated carbocycles. The van der Waals surface area contributed by atoms with Crippen molar-refractivity contribution < 1.29 is 24.1 Å². The van der Waals surface area contributed by atoms with E-state index < -0.39 is 0 Å². The lowest BCUT2D eigenvalue weighted by atomic mass is 9.93. The first-order chi connectivity index (χ1) is 13.2. The first kappa shape index (κ1) is 24.8. The maximum absolute atomic E-state index is 10.1. The minimum Gasteiger partial charge on any atom is -0.395 e. The summed E-state index contributed by atoms with van der Waals surface area (Å²) in [5.41, 5.74) is 0. The third-order valence-corrected chi connectivity index (χ3v) is 5.17. The molecule has 0 unspecified atom stereocenters. The van der Waals surface area contributed by atoms with E-state index in [0.717, 1.165) is 58.2 Å². The van der Waals surface area contributed by atoms with Crippen LogP contribution in [0.5, 0.6) is 0 Å². The Kier molecular flexibility index (Phi) is 14.4. The number of rotatable bonds is 16. The van der Waals surface area contributed by atoms with E-state index in [-0.39, 0.29) is 31.0 Å². The summed E-state index contributed by atoms with van der Waals surface area (Å²) in [5, 5.41) is 10.1. The summed E-state index contributed by atoms with van der Waals surface area (Å²) < 4.78 is 24.1. The SMILES string of the molecule is CCCCO[C@H]1[C@H](OCCCC)[C@@H](CO)N(CCOC)C[C@@H]1OCCCC. The van der Waals surface area contributed by atoms with Gasteiger partial charge in [-0.05, 0) is 19.3 Å². The molecule has 6 heteroatoms. The number of likely N-dealkylation sites (tertiary alicyclic amines) is 1. The summed E-state index contributed by atoms with van der Waals surface area (Å²) in [5.74, 6) is 0. The fourth-order valence-corrected chi connectivity index (χ4v) is 3.46. The van der Waals surface area contributed by atoms with Gasteiger partial charge < -0.3 is 24.1 Å². The molecular formula is C21H43NO5. The average molecular weight is 390 g/mol. The van der Waals surface area contributed by atoms with Gasteiger partial charge in [-0.1, -0.05) is 40.0 Å². The first-order valence-electron chi connectivity index (χ1n) is 10.9. The van der Waals surface area contributed by atoms with Crippen molar-refractivity contribution in [3.8, 4) is 0 Å². The second-order valence-corrected chi connectivity index (χ2v) is 7.38. The number of nitrogens with zero attached hydrogens (tertiary/aromatic N) is 1. The van der Waals surface area contributed by atoms with Crippen LogP contribution in [0.1, 0.15) is 59.3 Å². The monoisotopic (exact) mass is 389 g/mol. The average Bonchev–Trinajstić information content (AvgIpc) is 2.68. The van der Waals surface area contributed by atoms with Crippen LogP contribution in [0.15, 0.2) is 0 Å². The Morgan fingerprint density at radius 1 is 0.815 bits per heavy atom. The molecule has 0 aliphatic carbocycles. The first-order valence-corrected chi connectivity index (χ1v) is 10.9. The van der Waals surface area contributed by atoms with E-state index in [4.69, 9.17) is 18.9 Å². The van der Waals surface area contributed by atoms with Crippen molar-refractivity contribution >= 4 is 0 Å². The summed E-state index contributed by atoms with van der Waals surface area (Å²) in [6.07, 6.45) is 6.00. The highest BCUT2D eigenvalue weighted by Gasteiger charge is 2.45. The van der Waals surface area contributed by atoms with Crippen LogP contribution >= 0.6 is 0 Å². The Morgan fingerprint density at radius 3 is 1.89 bits per heavy atom. The molecule has 27 heavy (non-hydrogen) atoms. The molecule has 1 N–H and O–H groups in total. The molecule has 1 aliphatic rings. The topological polar surface area (TPSA) is 60.4 Å². The van der Waals surface area contributed by atoms with Crippen LogP contribution in [0.4, 0.5) is 0 Å². The molecule has 4 atom stereocenters. The Hall–Kier alpha value is -0.240. The Bertz CT molecular complexity index is 345. The normalized spacial score (nSPS) is 26.6. The van der Waals surface area contributed by atoms with Gasteiger partial charge >= 0.3 is 0 Å². The Morgan fingerprint density at radius 2 is 1.37 bits per heavy atom. The van der Waals surface area contributed by atoms with Crippen LogP contribution in [-0.2, 0) is 18.9 Å². The lowest BCUT2D eigenvalue weighted by molar-refractivity contribution is -0.200. The molecule has 6 nitrogen and oxygen atoms in total. The summed E-state index contributed by atoms with van der Waals surface area (Å²) in [7, 11) is 1.71. The summed E-state index contributed by atoms with van der Waals surface area (Å²) in [4.78, 5) is 2.25. The minimum absolute atomic E-state index is 0.0420. The summed E-state index contributed by atoms with van der Waals surface area (Å²) in [6.45, 7) is 10.8. The van der Waals surface area contributed by atoms with Gasteiger partial charge in [0.15, 0.2) is 0 Å². The Labute approximate surface area is 166 Å². The summed E-state index contributed by atoms with van der Waals surface area (Å²) >= 11 is 0. The molecule has 1 saturated heterocycles. The van der Waals surface area contributed by atoms with E-state index in [0.29, 0.717) is 19.8 Å². The van der Waals surface area contributed by atoms with E-state index >= 15 is 0 Å². The highest BCUT2D eigenvalue weighted by molar-refractivity contribution is 4.97. The molecule has 0 radical (unpaired) electrons. The molecular weight excluding hydrogens is 346 g/mol. The number of hydrogen-bond acceptors (Lipinski definition) is 6. The maximum Gasteiger partial charge on any atom is 0.113 e. The molecule has 1 aliphatic heterocycles. The number of aliphatic hydroxyl groups is 1. The maximum atomic E-state index is 10.1. The third-order valence-electron chi connectivity index (χ3n) is 5.17. The molecule has 0 aromatic heterocycles. The van der Waals surface area contributed by atoms with Gasteiger partial charge in [0.1, 0.15) is 12.2 Å². The van der Waals surface area contributed by atoms with E-state index in [2.05, 4.69) is 25.7 Å². The zero-order valence-corrected chi connectivity index (χ0v) is 18.0. The molecule has 0 spiro atoms. The lowest BCUT2D eigenvalue weighted by Crippen LogP contribution is -2.65. The van der Waals surface area contributed by atoms with E-state index in [1.165, 1.54) is 0 Å². The molecule has 1 heterocycles. The van der Waals surface area contributed by atoms with E-state index in [9.17, 15) is 5.11 Å². The molecule has 162 valence electrons. The van der Waals surface area contributed by atoms with Gasteiger partial charge in [0.25, 0.3) is 0 Å². The lowest BCUT2D eigenvalue weighted by Gasteiger charge is -2.48. The number of methoxy groups -OCH3 is 1. The third kappa shape index (κ3) is 8.75. The minimum atomic E-state index is -0.185. The zero-order chi connectivity index (χ0) is 19.9. The number of aliphatic hydroxyl groups excluding tert-OH is 1. The van der Waals surface area contributed by atoms with Crippen molar-refractivity contribution in [1.82, 2.24) is 4.90 Å². The van der Waals surface area contributed by atoms with Gasteiger partial charge in [-0.25, -0.2) is 0 Å². The zero-order valence-electron chi connectivity index (χ0n) is 18.0. The second-order valence-electron chi connectivity index (χ2n) is 7.38. The van der Waals surface area contributed by atoms with Gasteiger partial charge in [-0.15, -0.1) is 0 Å². The van der Waals surface area contributed by atoms with Crippen molar-refractivity contribution in [1.29, 1.82) is 0 Å². The quantitative estimate of drug-likeness (QED) is 0.410. The number of unbranched alkanes of at least 4 members (excludes halogenated alkanes) is 3. The summed E-state index contributed by atoms with van der Waals surface area (Å²) in [6, 6.07) is -0.0883. The van der Waals surface area contributed by atoms with Crippen LogP contribution in [0.3, 0.4) is 0 Å². The number of hydrogen-bond donors (Lipinski definition) is 1. The fourth-order valence-electron chi connectivity index (χ4n) is 3.46. The van der Waals surface area contributed by atoms with Crippen molar-refractivity contribution in [2.24, 2.45) is 0 Å². The Balaban J connectivity index is 2.92. The molecule has 0 bridgehead atoms. The smallest absolute Gasteiger partial charge is 0.113 e. The molecule has 1 rings (SSSR count). The predicted molar refractivity (Wildman–Crippen MR) is 108 cm³/mol. The fraction of sp³-hybridized carbons (Fsp3) is 1.00. The number of piperidine rings is 1. The molecule has 1 fully saturated rings. The van der Waals surface area contributed by atoms with Crippen LogP contribution in [0.2, 0.25) is 0 Å². The van der Waals surface area contributed by atoms with Crippen molar-refractivity contribution in [3.63, 3.8) is 0 Å². The second kappa shape index (κ2) is 15.7. The predicted octanol–water partition coefficient (Wildman–Crippen LogP) is 2.87. The van der Waals surface area contributed by atoms with Gasteiger partial charge in [0.05, 0.1) is 25.4 Å². The van der Waals surface area contributed by atoms with Gasteiger partial charge in [0.2, 0.25) is 0 Å². The van der Waals surface area contributed by atoms with Gasteiger partial charge in [-0.3, -0.25) is 4.90 Å². The van der Waals surface area contributed by atoms with Crippen molar-refractivity contribution in [2.45, 2.75) is 83.6 Å². The van der Waals surface area contributed by atoms with Crippen LogP contribution < -0.4 is 0 Å². The standard InChI is InChI=1S/C21H43NO5/c1-5-8-12-25-19-16-22(11-15-24-4)18(17-23)20(26-13-9-6-2)21(19)27-14-10-7-3/h18-21,23H,5-17H2,1-4H3/t18-,19+,20-,21-/m1/s1. The largest absolute Gasteiger partial charge is 0.395 e. The van der Waals surface area contributed by atoms with E-state index in [1.807, 2.05) is 0 Å². The highest BCUT2D eigenvalue weighted by atomic mass is 16.6. The van der Waals surface area contributed by atoms with Crippen molar-refractivity contribution in [3.05, 3.63) is 0 Å². The van der Waals surface area contributed by atoms with Crippen LogP contribution in [-0.4, -0.2) is 87.6 Å². The van der Waals surface area contributed by atoms with E-state index in [1.54, 1.807) is 7.11 Å². The number of ether oxygens (including phenoxy) is 4. The van der Waals surface area contributed by atoms with Crippen LogP contribution in [0, 0.1) is 0 Å². The van der Waals surface area contributed by atoms with Crippen LogP contribution in [0.25, 0.3) is 0 Å². The molecule has 0 amide bonds. The molecule has 0 aromatic rings. The molecule has 0 aromatic carbocycles. The van der Waals surface area contributed by atoms with Gasteiger partial charge in [0, 0.05) is 40.0 Å². The van der Waals surface area contributed by atoms with Crippen molar-refractivity contribution in [2.75, 3.05) is 53.2 Å². The highest BCUT2D eigenvalue weighted by Crippen LogP contribution is 2.27. The van der Waals surface area contributed by atoms with Gasteiger partial charge in [-0.2, -0.15) is 0 Å².